The minimum absolute atomic E-state index is 0.00609. The maximum absolute atomic E-state index is 12.5. The van der Waals surface area contributed by atoms with Crippen LogP contribution in [0.5, 0.6) is 5.75 Å². The fourth-order valence-corrected chi connectivity index (χ4v) is 3.52. The van der Waals surface area contributed by atoms with Crippen LogP contribution in [0, 0.1) is 0 Å². The van der Waals surface area contributed by atoms with Crippen molar-refractivity contribution in [1.29, 1.82) is 0 Å². The summed E-state index contributed by atoms with van der Waals surface area (Å²) >= 11 is 0. The van der Waals surface area contributed by atoms with Crippen molar-refractivity contribution in [3.63, 3.8) is 0 Å². The Balaban J connectivity index is 1.72. The van der Waals surface area contributed by atoms with Crippen molar-refractivity contribution in [2.75, 3.05) is 14.2 Å². The summed E-state index contributed by atoms with van der Waals surface area (Å²) in [4.78, 5) is 4.28. The van der Waals surface area contributed by atoms with Crippen LogP contribution >= 0.6 is 0 Å². The van der Waals surface area contributed by atoms with Crippen molar-refractivity contribution in [1.82, 2.24) is 14.4 Å². The van der Waals surface area contributed by atoms with Gasteiger partial charge in [-0.2, -0.15) is 9.29 Å². The smallest absolute Gasteiger partial charge is 0.242 e. The van der Waals surface area contributed by atoms with Crippen LogP contribution in [0.2, 0.25) is 0 Å². The number of sulfonamides is 1. The molecule has 0 bridgehead atoms. The Morgan fingerprint density at radius 1 is 1.12 bits per heavy atom. The van der Waals surface area contributed by atoms with Crippen LogP contribution in [0.3, 0.4) is 0 Å². The van der Waals surface area contributed by atoms with Crippen molar-refractivity contribution in [3.05, 3.63) is 66.1 Å². The van der Waals surface area contributed by atoms with Crippen molar-refractivity contribution in [2.24, 2.45) is 0 Å². The maximum Gasteiger partial charge on any atom is 0.242 e. The zero-order chi connectivity index (χ0) is 18.6. The lowest BCUT2D eigenvalue weighted by Gasteiger charge is -2.14. The summed E-state index contributed by atoms with van der Waals surface area (Å²) in [5.74, 6) is 1.20. The molecule has 1 heterocycles. The van der Waals surface area contributed by atoms with Crippen LogP contribution in [0.4, 0.5) is 0 Å². The monoisotopic (exact) mass is 373 g/mol. The van der Waals surface area contributed by atoms with E-state index in [4.69, 9.17) is 9.26 Å². The summed E-state index contributed by atoms with van der Waals surface area (Å²) in [6.07, 6.45) is 0. The number of benzene rings is 2. The normalized spacial score (nSPS) is 11.7. The molecule has 0 radical (unpaired) electrons. The number of ether oxygens (including phenoxy) is 1. The molecule has 0 unspecified atom stereocenters. The molecule has 0 amide bonds. The van der Waals surface area contributed by atoms with E-state index in [1.165, 1.54) is 11.4 Å². The van der Waals surface area contributed by atoms with Gasteiger partial charge in [-0.15, -0.1) is 0 Å². The Kier molecular flexibility index (Phi) is 5.34. The third kappa shape index (κ3) is 4.27. The minimum atomic E-state index is -3.49. The Labute approximate surface area is 152 Å². The number of methoxy groups -OCH3 is 1. The molecule has 1 aromatic heterocycles. The fourth-order valence-electron chi connectivity index (χ4n) is 2.38. The highest BCUT2D eigenvalue weighted by Gasteiger charge is 2.21. The molecule has 136 valence electrons. The second-order valence-corrected chi connectivity index (χ2v) is 7.82. The summed E-state index contributed by atoms with van der Waals surface area (Å²) in [5, 5.41) is 3.92. The highest BCUT2D eigenvalue weighted by Crippen LogP contribution is 2.22. The minimum Gasteiger partial charge on any atom is -0.497 e. The SMILES string of the molecule is COc1cccc(-c2noc(CN(C)S(=O)(=O)Cc3ccccc3)n2)c1. The van der Waals surface area contributed by atoms with Gasteiger partial charge in [-0.1, -0.05) is 47.6 Å². The third-order valence-corrected chi connectivity index (χ3v) is 5.60. The van der Waals surface area contributed by atoms with Gasteiger partial charge in [0.05, 0.1) is 19.4 Å². The van der Waals surface area contributed by atoms with Crippen molar-refractivity contribution >= 4 is 10.0 Å². The lowest BCUT2D eigenvalue weighted by molar-refractivity contribution is 0.336. The average Bonchev–Trinajstić information content (AvgIpc) is 3.11. The quantitative estimate of drug-likeness (QED) is 0.633. The Hall–Kier alpha value is -2.71. The largest absolute Gasteiger partial charge is 0.497 e. The highest BCUT2D eigenvalue weighted by atomic mass is 32.2. The first-order chi connectivity index (χ1) is 12.5. The number of hydrogen-bond donors (Lipinski definition) is 0. The van der Waals surface area contributed by atoms with Gasteiger partial charge in [0.1, 0.15) is 5.75 Å². The fraction of sp³-hybridized carbons (Fsp3) is 0.222. The van der Waals surface area contributed by atoms with Crippen LogP contribution in [-0.4, -0.2) is 37.0 Å². The molecule has 2 aromatic carbocycles. The Bertz CT molecular complexity index is 971. The zero-order valence-corrected chi connectivity index (χ0v) is 15.3. The van der Waals surface area contributed by atoms with E-state index in [0.29, 0.717) is 11.6 Å². The lowest BCUT2D eigenvalue weighted by Crippen LogP contribution is -2.27. The van der Waals surface area contributed by atoms with Gasteiger partial charge in [0, 0.05) is 12.6 Å². The molecule has 0 aliphatic heterocycles. The van der Waals surface area contributed by atoms with Gasteiger partial charge < -0.3 is 9.26 Å². The maximum atomic E-state index is 12.5. The molecular formula is C18H19N3O4S. The van der Waals surface area contributed by atoms with E-state index in [9.17, 15) is 8.42 Å². The van der Waals surface area contributed by atoms with Gasteiger partial charge >= 0.3 is 0 Å². The second kappa shape index (κ2) is 7.67. The molecule has 0 atom stereocenters. The van der Waals surface area contributed by atoms with Crippen LogP contribution in [0.25, 0.3) is 11.4 Å². The second-order valence-electron chi connectivity index (χ2n) is 5.74. The van der Waals surface area contributed by atoms with E-state index < -0.39 is 10.0 Å². The summed E-state index contributed by atoms with van der Waals surface area (Å²) in [6.45, 7) is 0.00609. The van der Waals surface area contributed by atoms with Crippen molar-refractivity contribution < 1.29 is 17.7 Å². The first-order valence-electron chi connectivity index (χ1n) is 7.93. The van der Waals surface area contributed by atoms with Crippen LogP contribution in [-0.2, 0) is 22.3 Å². The summed E-state index contributed by atoms with van der Waals surface area (Å²) < 4.78 is 36.6. The number of aromatic nitrogens is 2. The van der Waals surface area contributed by atoms with Gasteiger partial charge in [-0.05, 0) is 17.7 Å². The molecule has 8 heteroatoms. The molecule has 0 spiro atoms. The van der Waals surface area contributed by atoms with Gasteiger partial charge in [0.25, 0.3) is 0 Å². The average molecular weight is 373 g/mol. The molecule has 0 N–H and O–H groups in total. The van der Waals surface area contributed by atoms with Crippen LogP contribution in [0.1, 0.15) is 11.5 Å². The topological polar surface area (TPSA) is 85.5 Å². The Morgan fingerprint density at radius 2 is 1.88 bits per heavy atom. The number of rotatable bonds is 7. The first kappa shape index (κ1) is 18.1. The van der Waals surface area contributed by atoms with Crippen LogP contribution < -0.4 is 4.74 Å². The molecule has 0 aliphatic rings. The highest BCUT2D eigenvalue weighted by molar-refractivity contribution is 7.88. The van der Waals surface area contributed by atoms with E-state index in [1.54, 1.807) is 25.3 Å². The summed E-state index contributed by atoms with van der Waals surface area (Å²) in [6, 6.07) is 16.3. The van der Waals surface area contributed by atoms with E-state index in [1.807, 2.05) is 36.4 Å². The predicted molar refractivity (Wildman–Crippen MR) is 96.8 cm³/mol. The van der Waals surface area contributed by atoms with E-state index in [0.717, 1.165) is 11.1 Å². The molecular weight excluding hydrogens is 354 g/mol. The molecule has 0 saturated heterocycles. The molecule has 3 aromatic rings. The standard InChI is InChI=1S/C18H19N3O4S/c1-21(26(22,23)13-14-7-4-3-5-8-14)12-17-19-18(20-25-17)15-9-6-10-16(11-15)24-2/h3-11H,12-13H2,1-2H3. The summed E-state index contributed by atoms with van der Waals surface area (Å²) in [5.41, 5.74) is 1.45. The number of hydrogen-bond acceptors (Lipinski definition) is 6. The van der Waals surface area contributed by atoms with Crippen LogP contribution in [0.15, 0.2) is 59.1 Å². The predicted octanol–water partition coefficient (Wildman–Crippen LogP) is 2.71. The molecule has 0 fully saturated rings. The summed E-state index contributed by atoms with van der Waals surface area (Å²) in [7, 11) is -0.422. The lowest BCUT2D eigenvalue weighted by atomic mass is 10.2. The van der Waals surface area contributed by atoms with E-state index in [-0.39, 0.29) is 18.2 Å². The van der Waals surface area contributed by atoms with Crippen molar-refractivity contribution in [2.45, 2.75) is 12.3 Å². The first-order valence-corrected chi connectivity index (χ1v) is 9.54. The third-order valence-electron chi connectivity index (χ3n) is 3.82. The zero-order valence-electron chi connectivity index (χ0n) is 14.5. The van der Waals surface area contributed by atoms with Gasteiger partial charge in [-0.25, -0.2) is 8.42 Å². The van der Waals surface area contributed by atoms with Gasteiger partial charge in [0.2, 0.25) is 21.7 Å². The van der Waals surface area contributed by atoms with Gasteiger partial charge in [0.15, 0.2) is 0 Å². The molecule has 26 heavy (non-hydrogen) atoms. The van der Waals surface area contributed by atoms with E-state index in [2.05, 4.69) is 10.1 Å². The molecule has 3 rings (SSSR count). The molecule has 7 nitrogen and oxygen atoms in total. The molecule has 0 aliphatic carbocycles. The van der Waals surface area contributed by atoms with Gasteiger partial charge in [-0.3, -0.25) is 0 Å². The van der Waals surface area contributed by atoms with Crippen molar-refractivity contribution in [3.8, 4) is 17.1 Å². The number of nitrogens with zero attached hydrogens (tertiary/aromatic N) is 3. The Morgan fingerprint density at radius 3 is 2.62 bits per heavy atom. The van der Waals surface area contributed by atoms with E-state index >= 15 is 0 Å². The molecule has 0 saturated carbocycles.